The third-order valence-electron chi connectivity index (χ3n) is 3.35. The van der Waals surface area contributed by atoms with Gasteiger partial charge in [0.05, 0.1) is 11.0 Å². The van der Waals surface area contributed by atoms with Gasteiger partial charge in [-0.2, -0.15) is 5.10 Å². The van der Waals surface area contributed by atoms with Gasteiger partial charge in [-0.05, 0) is 45.8 Å². The quantitative estimate of drug-likeness (QED) is 0.679. The molecule has 1 amide bonds. The molecule has 0 aliphatic heterocycles. The largest absolute Gasteiger partial charge is 0.484 e. The predicted octanol–water partition coefficient (Wildman–Crippen LogP) is 3.85. The van der Waals surface area contributed by atoms with E-state index in [1.165, 1.54) is 12.1 Å². The molecule has 1 heterocycles. The first-order chi connectivity index (χ1) is 12.1. The molecule has 0 bridgehead atoms. The second kappa shape index (κ2) is 7.94. The fourth-order valence-electron chi connectivity index (χ4n) is 2.17. The zero-order chi connectivity index (χ0) is 17.6. The lowest BCUT2D eigenvalue weighted by Crippen LogP contribution is -2.20. The van der Waals surface area contributed by atoms with Crippen molar-refractivity contribution in [2.75, 3.05) is 11.9 Å². The highest BCUT2D eigenvalue weighted by Crippen LogP contribution is 2.21. The maximum atomic E-state index is 12.9. The Morgan fingerprint density at radius 3 is 2.60 bits per heavy atom. The Morgan fingerprint density at radius 2 is 1.88 bits per heavy atom. The van der Waals surface area contributed by atoms with Gasteiger partial charge in [-0.3, -0.25) is 9.48 Å². The molecular weight excluding hydrogens is 389 g/mol. The number of aromatic nitrogens is 2. The molecule has 5 nitrogen and oxygen atoms in total. The number of para-hydroxylation sites is 1. The second-order valence-electron chi connectivity index (χ2n) is 5.30. The van der Waals surface area contributed by atoms with Crippen LogP contribution in [-0.2, 0) is 11.3 Å². The molecule has 0 radical (unpaired) electrons. The molecule has 0 saturated heterocycles. The summed E-state index contributed by atoms with van der Waals surface area (Å²) in [6.07, 6.45) is 1.75. The molecule has 25 heavy (non-hydrogen) atoms. The number of nitrogens with zero attached hydrogens (tertiary/aromatic N) is 2. The highest BCUT2D eigenvalue weighted by atomic mass is 79.9. The summed E-state index contributed by atoms with van der Waals surface area (Å²) in [4.78, 5) is 12.0. The number of ether oxygens (including phenoxy) is 1. The average molecular weight is 404 g/mol. The first-order valence-corrected chi connectivity index (χ1v) is 8.34. The lowest BCUT2D eigenvalue weighted by molar-refractivity contribution is -0.118. The fraction of sp³-hybridized carbons (Fsp3) is 0.111. The molecule has 2 aromatic carbocycles. The van der Waals surface area contributed by atoms with Gasteiger partial charge < -0.3 is 10.1 Å². The number of anilines is 1. The molecule has 1 N–H and O–H groups in total. The maximum Gasteiger partial charge on any atom is 0.263 e. The minimum absolute atomic E-state index is 0.110. The SMILES string of the molecule is O=C(COc1ccccc1)Nc1nn(Cc2ccc(F)cc2)cc1Br. The molecule has 128 valence electrons. The maximum absolute atomic E-state index is 12.9. The number of benzene rings is 2. The third-order valence-corrected chi connectivity index (χ3v) is 3.93. The van der Waals surface area contributed by atoms with Gasteiger partial charge in [-0.1, -0.05) is 30.3 Å². The van der Waals surface area contributed by atoms with Crippen molar-refractivity contribution in [3.8, 4) is 5.75 Å². The van der Waals surface area contributed by atoms with Crippen LogP contribution in [0.4, 0.5) is 10.2 Å². The van der Waals surface area contributed by atoms with Crippen LogP contribution in [0.5, 0.6) is 5.75 Å². The van der Waals surface area contributed by atoms with Crippen molar-refractivity contribution < 1.29 is 13.9 Å². The Hall–Kier alpha value is -2.67. The van der Waals surface area contributed by atoms with Gasteiger partial charge in [-0.25, -0.2) is 4.39 Å². The van der Waals surface area contributed by atoms with Crippen molar-refractivity contribution in [3.63, 3.8) is 0 Å². The number of halogens is 2. The van der Waals surface area contributed by atoms with E-state index in [0.717, 1.165) is 5.56 Å². The zero-order valence-corrected chi connectivity index (χ0v) is 14.7. The first kappa shape index (κ1) is 17.2. The molecule has 7 heteroatoms. The first-order valence-electron chi connectivity index (χ1n) is 7.55. The van der Waals surface area contributed by atoms with Gasteiger partial charge in [0, 0.05) is 6.20 Å². The second-order valence-corrected chi connectivity index (χ2v) is 6.15. The summed E-state index contributed by atoms with van der Waals surface area (Å²) in [6.45, 7) is 0.358. The van der Waals surface area contributed by atoms with E-state index < -0.39 is 0 Å². The molecule has 3 aromatic rings. The monoisotopic (exact) mass is 403 g/mol. The normalized spacial score (nSPS) is 10.5. The molecule has 0 spiro atoms. The number of amides is 1. The summed E-state index contributed by atoms with van der Waals surface area (Å²) >= 11 is 3.37. The summed E-state index contributed by atoms with van der Waals surface area (Å²) in [5.41, 5.74) is 0.904. The Bertz CT molecular complexity index is 851. The lowest BCUT2D eigenvalue weighted by atomic mass is 10.2. The molecule has 0 atom stereocenters. The minimum Gasteiger partial charge on any atom is -0.484 e. The fourth-order valence-corrected chi connectivity index (χ4v) is 2.59. The minimum atomic E-state index is -0.309. The molecule has 1 aromatic heterocycles. The zero-order valence-electron chi connectivity index (χ0n) is 13.2. The van der Waals surface area contributed by atoms with Crippen LogP contribution < -0.4 is 10.1 Å². The van der Waals surface area contributed by atoms with Crippen molar-refractivity contribution in [1.82, 2.24) is 9.78 Å². The van der Waals surface area contributed by atoms with Crippen molar-refractivity contribution in [3.05, 3.63) is 76.6 Å². The number of rotatable bonds is 6. The lowest BCUT2D eigenvalue weighted by Gasteiger charge is -2.06. The van der Waals surface area contributed by atoms with Crippen molar-refractivity contribution >= 4 is 27.7 Å². The smallest absolute Gasteiger partial charge is 0.263 e. The number of hydrogen-bond donors (Lipinski definition) is 1. The Morgan fingerprint density at radius 1 is 1.16 bits per heavy atom. The predicted molar refractivity (Wildman–Crippen MR) is 96.0 cm³/mol. The summed E-state index contributed by atoms with van der Waals surface area (Å²) in [5.74, 6) is 0.440. The van der Waals surface area contributed by atoms with E-state index in [2.05, 4.69) is 26.3 Å². The van der Waals surface area contributed by atoms with Gasteiger partial charge in [0.1, 0.15) is 11.6 Å². The number of hydrogen-bond acceptors (Lipinski definition) is 3. The van der Waals surface area contributed by atoms with E-state index >= 15 is 0 Å². The van der Waals surface area contributed by atoms with Crippen molar-refractivity contribution in [1.29, 1.82) is 0 Å². The van der Waals surface area contributed by atoms with Crippen LogP contribution in [0.15, 0.2) is 65.3 Å². The molecule has 3 rings (SSSR count). The molecular formula is C18H15BrFN3O2. The van der Waals surface area contributed by atoms with Crippen molar-refractivity contribution in [2.45, 2.75) is 6.54 Å². The molecule has 0 aliphatic carbocycles. The highest BCUT2D eigenvalue weighted by molar-refractivity contribution is 9.10. The summed E-state index contributed by atoms with van der Waals surface area (Å²) in [5, 5.41) is 7.00. The number of carbonyl (C=O) groups is 1. The Labute approximate surface area is 152 Å². The summed E-state index contributed by atoms with van der Waals surface area (Å²) in [6, 6.07) is 15.3. The van der Waals surface area contributed by atoms with E-state index in [1.807, 2.05) is 18.2 Å². The van der Waals surface area contributed by atoms with Gasteiger partial charge in [-0.15, -0.1) is 0 Å². The van der Waals surface area contributed by atoms with Crippen LogP contribution in [0.25, 0.3) is 0 Å². The van der Waals surface area contributed by atoms with E-state index in [4.69, 9.17) is 4.74 Å². The summed E-state index contributed by atoms with van der Waals surface area (Å²) < 4.78 is 20.7. The number of nitrogens with one attached hydrogen (secondary N) is 1. The van der Waals surface area contributed by atoms with Crippen LogP contribution in [-0.4, -0.2) is 22.3 Å². The van der Waals surface area contributed by atoms with Crippen LogP contribution >= 0.6 is 15.9 Å². The van der Waals surface area contributed by atoms with Crippen LogP contribution in [0.3, 0.4) is 0 Å². The topological polar surface area (TPSA) is 56.1 Å². The molecule has 0 fully saturated rings. The number of carbonyl (C=O) groups excluding carboxylic acids is 1. The van der Waals surface area contributed by atoms with Gasteiger partial charge in [0.2, 0.25) is 0 Å². The standard InChI is InChI=1S/C18H15BrFN3O2/c19-16-11-23(10-13-6-8-14(20)9-7-13)22-18(16)21-17(24)12-25-15-4-2-1-3-5-15/h1-9,11H,10,12H2,(H,21,22,24). The highest BCUT2D eigenvalue weighted by Gasteiger charge is 2.11. The van der Waals surface area contributed by atoms with Crippen molar-refractivity contribution in [2.24, 2.45) is 0 Å². The molecule has 0 saturated carbocycles. The van der Waals surface area contributed by atoms with Crippen LogP contribution in [0, 0.1) is 5.82 Å². The average Bonchev–Trinajstić information content (AvgIpc) is 2.95. The van der Waals surface area contributed by atoms with Crippen LogP contribution in [0.2, 0.25) is 0 Å². The Balaban J connectivity index is 1.58. The van der Waals surface area contributed by atoms with E-state index in [-0.39, 0.29) is 18.3 Å². The molecule has 0 unspecified atom stereocenters. The van der Waals surface area contributed by atoms with E-state index in [1.54, 1.807) is 35.1 Å². The third kappa shape index (κ3) is 4.90. The Kier molecular flexibility index (Phi) is 5.45. The van der Waals surface area contributed by atoms with E-state index in [0.29, 0.717) is 22.6 Å². The van der Waals surface area contributed by atoms with Gasteiger partial charge >= 0.3 is 0 Å². The van der Waals surface area contributed by atoms with Crippen LogP contribution in [0.1, 0.15) is 5.56 Å². The van der Waals surface area contributed by atoms with Gasteiger partial charge in [0.25, 0.3) is 5.91 Å². The summed E-state index contributed by atoms with van der Waals surface area (Å²) in [7, 11) is 0. The van der Waals surface area contributed by atoms with Gasteiger partial charge in [0.15, 0.2) is 12.4 Å². The van der Waals surface area contributed by atoms with E-state index in [9.17, 15) is 9.18 Å². The molecule has 0 aliphatic rings.